The van der Waals surface area contributed by atoms with Crippen LogP contribution in [0.2, 0.25) is 0 Å². The summed E-state index contributed by atoms with van der Waals surface area (Å²) in [7, 11) is 0. The molecular formula is C12H20N2O2. The molecule has 1 rings (SSSR count). The van der Waals surface area contributed by atoms with Gasteiger partial charge in [0, 0.05) is 12.6 Å². The Labute approximate surface area is 96.2 Å². The van der Waals surface area contributed by atoms with Crippen molar-refractivity contribution in [1.82, 2.24) is 5.32 Å². The summed E-state index contributed by atoms with van der Waals surface area (Å²) >= 11 is 0. The maximum absolute atomic E-state index is 11.8. The number of furan rings is 1. The second-order valence-corrected chi connectivity index (χ2v) is 4.48. The molecule has 0 bridgehead atoms. The average Bonchev–Trinajstić information content (AvgIpc) is 2.63. The van der Waals surface area contributed by atoms with Crippen molar-refractivity contribution < 1.29 is 9.21 Å². The summed E-state index contributed by atoms with van der Waals surface area (Å²) in [5.74, 6) is 1.13. The summed E-state index contributed by atoms with van der Waals surface area (Å²) in [6, 6.07) is 1.75. The van der Waals surface area contributed by atoms with Crippen LogP contribution in [0.15, 0.2) is 16.7 Å². The van der Waals surface area contributed by atoms with Crippen LogP contribution in [-0.2, 0) is 0 Å². The van der Waals surface area contributed by atoms with E-state index < -0.39 is 0 Å². The number of nitrogens with one attached hydrogen (secondary N) is 1. The highest BCUT2D eigenvalue weighted by Gasteiger charge is 2.14. The van der Waals surface area contributed by atoms with Gasteiger partial charge >= 0.3 is 0 Å². The lowest BCUT2D eigenvalue weighted by Gasteiger charge is -2.18. The summed E-state index contributed by atoms with van der Waals surface area (Å²) in [6.45, 7) is 6.49. The lowest BCUT2D eigenvalue weighted by molar-refractivity contribution is 0.0933. The molecule has 0 aliphatic heterocycles. The van der Waals surface area contributed by atoms with Crippen LogP contribution in [0.3, 0.4) is 0 Å². The van der Waals surface area contributed by atoms with Gasteiger partial charge in [0.15, 0.2) is 0 Å². The van der Waals surface area contributed by atoms with E-state index in [-0.39, 0.29) is 11.9 Å². The smallest absolute Gasteiger partial charge is 0.254 e. The van der Waals surface area contributed by atoms with Crippen LogP contribution in [0.4, 0.5) is 0 Å². The largest absolute Gasteiger partial charge is 0.469 e. The van der Waals surface area contributed by atoms with E-state index in [1.54, 1.807) is 6.07 Å². The Balaban J connectivity index is 2.55. The Morgan fingerprint density at radius 3 is 2.69 bits per heavy atom. The molecule has 0 aromatic carbocycles. The first-order valence-electron chi connectivity index (χ1n) is 5.59. The third-order valence-corrected chi connectivity index (χ3v) is 2.37. The first-order chi connectivity index (χ1) is 7.52. The first-order valence-corrected chi connectivity index (χ1v) is 5.59. The highest BCUT2D eigenvalue weighted by Crippen LogP contribution is 2.08. The molecule has 0 aliphatic rings. The standard InChI is InChI=1S/C12H20N2O2/c1-8(2)4-11(6-13)14-12(15)10-5-9(3)16-7-10/h5,7-8,11H,4,6,13H2,1-3H3,(H,14,15). The molecule has 1 aromatic heterocycles. The van der Waals surface area contributed by atoms with E-state index >= 15 is 0 Å². The van der Waals surface area contributed by atoms with Crippen LogP contribution in [0, 0.1) is 12.8 Å². The topological polar surface area (TPSA) is 68.3 Å². The number of hydrogen-bond acceptors (Lipinski definition) is 3. The van der Waals surface area contributed by atoms with Crippen molar-refractivity contribution in [2.24, 2.45) is 11.7 Å². The number of aryl methyl sites for hydroxylation is 1. The van der Waals surface area contributed by atoms with E-state index in [0.717, 1.165) is 12.2 Å². The van der Waals surface area contributed by atoms with Gasteiger partial charge in [-0.05, 0) is 25.3 Å². The second-order valence-electron chi connectivity index (χ2n) is 4.48. The molecule has 90 valence electrons. The Morgan fingerprint density at radius 1 is 1.56 bits per heavy atom. The van der Waals surface area contributed by atoms with Crippen LogP contribution in [-0.4, -0.2) is 18.5 Å². The third-order valence-electron chi connectivity index (χ3n) is 2.37. The van der Waals surface area contributed by atoms with Gasteiger partial charge in [0.25, 0.3) is 5.91 Å². The molecule has 3 N–H and O–H groups in total. The number of rotatable bonds is 5. The zero-order valence-corrected chi connectivity index (χ0v) is 10.1. The second kappa shape index (κ2) is 5.70. The van der Waals surface area contributed by atoms with Crippen molar-refractivity contribution >= 4 is 5.91 Å². The minimum atomic E-state index is -0.118. The van der Waals surface area contributed by atoms with Crippen molar-refractivity contribution in [2.75, 3.05) is 6.54 Å². The van der Waals surface area contributed by atoms with Gasteiger partial charge in [0.2, 0.25) is 0 Å². The molecule has 0 saturated carbocycles. The summed E-state index contributed by atoms with van der Waals surface area (Å²) in [4.78, 5) is 11.8. The van der Waals surface area contributed by atoms with Gasteiger partial charge < -0.3 is 15.5 Å². The Hall–Kier alpha value is -1.29. The molecule has 1 heterocycles. The maximum atomic E-state index is 11.8. The summed E-state index contributed by atoms with van der Waals surface area (Å²) in [5, 5.41) is 2.90. The Morgan fingerprint density at radius 2 is 2.25 bits per heavy atom. The van der Waals surface area contributed by atoms with Crippen molar-refractivity contribution in [1.29, 1.82) is 0 Å². The fourth-order valence-electron chi connectivity index (χ4n) is 1.61. The van der Waals surface area contributed by atoms with Crippen LogP contribution in [0.5, 0.6) is 0 Å². The highest BCUT2D eigenvalue weighted by molar-refractivity contribution is 5.94. The van der Waals surface area contributed by atoms with Crippen molar-refractivity contribution in [3.05, 3.63) is 23.7 Å². The van der Waals surface area contributed by atoms with E-state index in [1.165, 1.54) is 6.26 Å². The van der Waals surface area contributed by atoms with Crippen molar-refractivity contribution in [2.45, 2.75) is 33.2 Å². The van der Waals surface area contributed by atoms with Crippen LogP contribution in [0.25, 0.3) is 0 Å². The summed E-state index contributed by atoms with van der Waals surface area (Å²) < 4.78 is 5.09. The minimum Gasteiger partial charge on any atom is -0.469 e. The van der Waals surface area contributed by atoms with Gasteiger partial charge in [-0.1, -0.05) is 13.8 Å². The third kappa shape index (κ3) is 3.70. The molecule has 0 radical (unpaired) electrons. The Kier molecular flexibility index (Phi) is 4.55. The van der Waals surface area contributed by atoms with Gasteiger partial charge in [0.05, 0.1) is 5.56 Å². The normalized spacial score (nSPS) is 12.8. The van der Waals surface area contributed by atoms with Gasteiger partial charge in [-0.25, -0.2) is 0 Å². The fraction of sp³-hybridized carbons (Fsp3) is 0.583. The molecule has 4 nitrogen and oxygen atoms in total. The maximum Gasteiger partial charge on any atom is 0.254 e. The van der Waals surface area contributed by atoms with E-state index in [4.69, 9.17) is 10.2 Å². The first kappa shape index (κ1) is 12.8. The molecule has 1 amide bonds. The number of amides is 1. The lowest BCUT2D eigenvalue weighted by Crippen LogP contribution is -2.40. The molecule has 0 fully saturated rings. The molecular weight excluding hydrogens is 204 g/mol. The quantitative estimate of drug-likeness (QED) is 0.799. The lowest BCUT2D eigenvalue weighted by atomic mass is 10.0. The zero-order chi connectivity index (χ0) is 12.1. The molecule has 0 aliphatic carbocycles. The SMILES string of the molecule is Cc1cc(C(=O)NC(CN)CC(C)C)co1. The molecule has 0 saturated heterocycles. The van der Waals surface area contributed by atoms with Gasteiger partial charge in [-0.3, -0.25) is 4.79 Å². The predicted molar refractivity (Wildman–Crippen MR) is 63.2 cm³/mol. The van der Waals surface area contributed by atoms with Crippen LogP contribution >= 0.6 is 0 Å². The summed E-state index contributed by atoms with van der Waals surface area (Å²) in [5.41, 5.74) is 6.17. The van der Waals surface area contributed by atoms with E-state index in [9.17, 15) is 4.79 Å². The van der Waals surface area contributed by atoms with Crippen LogP contribution in [0.1, 0.15) is 36.4 Å². The monoisotopic (exact) mass is 224 g/mol. The van der Waals surface area contributed by atoms with Crippen molar-refractivity contribution in [3.63, 3.8) is 0 Å². The van der Waals surface area contributed by atoms with E-state index in [2.05, 4.69) is 19.2 Å². The highest BCUT2D eigenvalue weighted by atomic mass is 16.3. The number of nitrogens with two attached hydrogens (primary N) is 1. The number of carbonyl (C=O) groups is 1. The van der Waals surface area contributed by atoms with Gasteiger partial charge in [-0.2, -0.15) is 0 Å². The van der Waals surface area contributed by atoms with Gasteiger partial charge in [-0.15, -0.1) is 0 Å². The fourth-order valence-corrected chi connectivity index (χ4v) is 1.61. The molecule has 1 atom stereocenters. The minimum absolute atomic E-state index is 0.0303. The van der Waals surface area contributed by atoms with Crippen molar-refractivity contribution in [3.8, 4) is 0 Å². The molecule has 0 spiro atoms. The van der Waals surface area contributed by atoms with Crippen LogP contribution < -0.4 is 11.1 Å². The Bertz CT molecular complexity index is 345. The summed E-state index contributed by atoms with van der Waals surface area (Å²) in [6.07, 6.45) is 2.35. The zero-order valence-electron chi connectivity index (χ0n) is 10.1. The predicted octanol–water partition coefficient (Wildman–Crippen LogP) is 1.69. The van der Waals surface area contributed by atoms with Gasteiger partial charge in [0.1, 0.15) is 12.0 Å². The average molecular weight is 224 g/mol. The number of carbonyl (C=O) groups excluding carboxylic acids is 1. The van der Waals surface area contributed by atoms with E-state index in [0.29, 0.717) is 18.0 Å². The van der Waals surface area contributed by atoms with E-state index in [1.807, 2.05) is 6.92 Å². The molecule has 16 heavy (non-hydrogen) atoms. The number of hydrogen-bond donors (Lipinski definition) is 2. The molecule has 4 heteroatoms. The molecule has 1 aromatic rings. The molecule has 1 unspecified atom stereocenters.